The summed E-state index contributed by atoms with van der Waals surface area (Å²) in [7, 11) is 1.40. The molecule has 0 fully saturated rings. The molecule has 0 spiro atoms. The number of anilines is 1. The molecule has 0 atom stereocenters. The normalized spacial score (nSPS) is 11.6. The third-order valence-corrected chi connectivity index (χ3v) is 2.89. The number of hydrogen-bond donors (Lipinski definition) is 1. The molecule has 20 heavy (non-hydrogen) atoms. The second-order valence-corrected chi connectivity index (χ2v) is 5.79. The molecule has 0 saturated heterocycles. The summed E-state index contributed by atoms with van der Waals surface area (Å²) in [6.07, 6.45) is 2.87. The summed E-state index contributed by atoms with van der Waals surface area (Å²) in [5.74, 6) is 0.723. The smallest absolute Gasteiger partial charge is 0.305 e. The van der Waals surface area contributed by atoms with Crippen LogP contribution in [0.1, 0.15) is 32.9 Å². The van der Waals surface area contributed by atoms with E-state index in [2.05, 4.69) is 31.1 Å². The van der Waals surface area contributed by atoms with E-state index >= 15 is 0 Å². The number of carbonyl (C=O) groups excluding carboxylic acids is 1. The Bertz CT molecular complexity index is 611. The zero-order chi connectivity index (χ0) is 14.8. The average Bonchev–Trinajstić information content (AvgIpc) is 2.72. The monoisotopic (exact) mass is 275 g/mol. The summed E-state index contributed by atoms with van der Waals surface area (Å²) in [4.78, 5) is 15.9. The van der Waals surface area contributed by atoms with Gasteiger partial charge in [-0.05, 0) is 32.9 Å². The number of rotatable bonds is 4. The standard InChI is InChI=1S/C15H21N3O2/c1-15(2,3)17-14-11(8-9-13(19)20-4)16-12-7-5-6-10-18(12)14/h5-7,10,17H,8-9H2,1-4H3. The second-order valence-electron chi connectivity index (χ2n) is 5.79. The van der Waals surface area contributed by atoms with Crippen LogP contribution in [0.15, 0.2) is 24.4 Å². The molecule has 2 heterocycles. The van der Waals surface area contributed by atoms with Gasteiger partial charge in [-0.2, -0.15) is 0 Å². The van der Waals surface area contributed by atoms with Crippen molar-refractivity contribution >= 4 is 17.4 Å². The quantitative estimate of drug-likeness (QED) is 0.872. The number of nitrogens with one attached hydrogen (secondary N) is 1. The van der Waals surface area contributed by atoms with Gasteiger partial charge in [0, 0.05) is 18.2 Å². The molecule has 2 aromatic heterocycles. The number of nitrogens with zero attached hydrogens (tertiary/aromatic N) is 2. The Morgan fingerprint density at radius 2 is 2.15 bits per heavy atom. The molecule has 5 nitrogen and oxygen atoms in total. The van der Waals surface area contributed by atoms with Crippen molar-refractivity contribution in [3.8, 4) is 0 Å². The summed E-state index contributed by atoms with van der Waals surface area (Å²) in [5.41, 5.74) is 1.68. The fourth-order valence-corrected chi connectivity index (χ4v) is 2.03. The highest BCUT2D eigenvalue weighted by Gasteiger charge is 2.18. The number of hydrogen-bond acceptors (Lipinski definition) is 4. The fourth-order valence-electron chi connectivity index (χ4n) is 2.03. The van der Waals surface area contributed by atoms with E-state index < -0.39 is 0 Å². The molecule has 5 heteroatoms. The van der Waals surface area contributed by atoms with E-state index in [-0.39, 0.29) is 11.5 Å². The number of imidazole rings is 1. The first-order valence-corrected chi connectivity index (χ1v) is 6.71. The Balaban J connectivity index is 2.36. The number of fused-ring (bicyclic) bond motifs is 1. The van der Waals surface area contributed by atoms with Crippen molar-refractivity contribution in [2.45, 2.75) is 39.2 Å². The van der Waals surface area contributed by atoms with Crippen molar-refractivity contribution in [2.75, 3.05) is 12.4 Å². The summed E-state index contributed by atoms with van der Waals surface area (Å²) in [5, 5.41) is 3.46. The van der Waals surface area contributed by atoms with Crippen LogP contribution in [0, 0.1) is 0 Å². The predicted octanol–water partition coefficient (Wildman–Crippen LogP) is 2.65. The number of aryl methyl sites for hydroxylation is 1. The van der Waals surface area contributed by atoms with Crippen molar-refractivity contribution in [1.29, 1.82) is 0 Å². The van der Waals surface area contributed by atoms with Gasteiger partial charge in [-0.15, -0.1) is 0 Å². The number of aromatic nitrogens is 2. The Morgan fingerprint density at radius 3 is 2.80 bits per heavy atom. The van der Waals surface area contributed by atoms with Crippen molar-refractivity contribution in [2.24, 2.45) is 0 Å². The number of ether oxygens (including phenoxy) is 1. The van der Waals surface area contributed by atoms with Crippen molar-refractivity contribution in [3.63, 3.8) is 0 Å². The number of pyridine rings is 1. The first kappa shape index (κ1) is 14.4. The van der Waals surface area contributed by atoms with E-state index in [0.29, 0.717) is 12.8 Å². The van der Waals surface area contributed by atoms with Crippen LogP contribution in [0.2, 0.25) is 0 Å². The van der Waals surface area contributed by atoms with Crippen LogP contribution in [0.5, 0.6) is 0 Å². The molecule has 0 unspecified atom stereocenters. The van der Waals surface area contributed by atoms with Gasteiger partial charge < -0.3 is 10.1 Å². The largest absolute Gasteiger partial charge is 0.469 e. The van der Waals surface area contributed by atoms with E-state index in [0.717, 1.165) is 17.2 Å². The molecule has 1 N–H and O–H groups in total. The van der Waals surface area contributed by atoms with Crippen LogP contribution in [0.3, 0.4) is 0 Å². The molecule has 2 aromatic rings. The Labute approximate surface area is 119 Å². The zero-order valence-electron chi connectivity index (χ0n) is 12.4. The van der Waals surface area contributed by atoms with Gasteiger partial charge in [0.25, 0.3) is 0 Å². The van der Waals surface area contributed by atoms with Crippen molar-refractivity contribution in [1.82, 2.24) is 9.38 Å². The molecule has 0 aromatic carbocycles. The van der Waals surface area contributed by atoms with Crippen LogP contribution in [0.25, 0.3) is 5.65 Å². The lowest BCUT2D eigenvalue weighted by Gasteiger charge is -2.22. The van der Waals surface area contributed by atoms with E-state index in [1.807, 2.05) is 28.8 Å². The molecule has 108 valence electrons. The maximum Gasteiger partial charge on any atom is 0.305 e. The molecule has 0 aliphatic heterocycles. The summed E-state index contributed by atoms with van der Waals surface area (Å²) < 4.78 is 6.70. The van der Waals surface area contributed by atoms with Crippen LogP contribution in [0.4, 0.5) is 5.82 Å². The van der Waals surface area contributed by atoms with Gasteiger partial charge in [0.2, 0.25) is 0 Å². The molecule has 2 rings (SSSR count). The first-order chi connectivity index (χ1) is 9.40. The lowest BCUT2D eigenvalue weighted by Crippen LogP contribution is -2.27. The molecule has 0 bridgehead atoms. The minimum absolute atomic E-state index is 0.0776. The highest BCUT2D eigenvalue weighted by atomic mass is 16.5. The van der Waals surface area contributed by atoms with Gasteiger partial charge in [-0.3, -0.25) is 9.20 Å². The minimum Gasteiger partial charge on any atom is -0.469 e. The zero-order valence-corrected chi connectivity index (χ0v) is 12.4. The third-order valence-electron chi connectivity index (χ3n) is 2.89. The molecular formula is C15H21N3O2. The van der Waals surface area contributed by atoms with Gasteiger partial charge in [-0.1, -0.05) is 6.07 Å². The topological polar surface area (TPSA) is 55.6 Å². The van der Waals surface area contributed by atoms with Crippen LogP contribution in [-0.4, -0.2) is 28.0 Å². The van der Waals surface area contributed by atoms with Crippen LogP contribution >= 0.6 is 0 Å². The highest BCUT2D eigenvalue weighted by molar-refractivity contribution is 5.70. The maximum atomic E-state index is 11.3. The average molecular weight is 275 g/mol. The molecular weight excluding hydrogens is 254 g/mol. The Hall–Kier alpha value is -2.04. The third kappa shape index (κ3) is 3.29. The lowest BCUT2D eigenvalue weighted by atomic mass is 10.1. The molecule has 0 radical (unpaired) electrons. The minimum atomic E-state index is -0.219. The van der Waals surface area contributed by atoms with E-state index in [9.17, 15) is 4.79 Å². The number of carbonyl (C=O) groups is 1. The van der Waals surface area contributed by atoms with Crippen LogP contribution in [-0.2, 0) is 16.0 Å². The summed E-state index contributed by atoms with van der Waals surface area (Å²) >= 11 is 0. The maximum absolute atomic E-state index is 11.3. The van der Waals surface area contributed by atoms with Gasteiger partial charge in [0.05, 0.1) is 19.2 Å². The van der Waals surface area contributed by atoms with E-state index in [1.165, 1.54) is 7.11 Å². The molecule has 0 aliphatic rings. The van der Waals surface area contributed by atoms with Crippen LogP contribution < -0.4 is 5.32 Å². The number of methoxy groups -OCH3 is 1. The molecule has 0 aliphatic carbocycles. The summed E-state index contributed by atoms with van der Waals surface area (Å²) in [6.45, 7) is 6.29. The fraction of sp³-hybridized carbons (Fsp3) is 0.467. The first-order valence-electron chi connectivity index (χ1n) is 6.71. The van der Waals surface area contributed by atoms with Gasteiger partial charge in [0.1, 0.15) is 11.5 Å². The molecule has 0 amide bonds. The highest BCUT2D eigenvalue weighted by Crippen LogP contribution is 2.23. The predicted molar refractivity (Wildman–Crippen MR) is 78.9 cm³/mol. The van der Waals surface area contributed by atoms with Gasteiger partial charge in [-0.25, -0.2) is 4.98 Å². The van der Waals surface area contributed by atoms with Crippen molar-refractivity contribution in [3.05, 3.63) is 30.1 Å². The van der Waals surface area contributed by atoms with Gasteiger partial charge in [0.15, 0.2) is 0 Å². The second kappa shape index (κ2) is 5.53. The lowest BCUT2D eigenvalue weighted by molar-refractivity contribution is -0.140. The SMILES string of the molecule is COC(=O)CCc1nc2ccccn2c1NC(C)(C)C. The van der Waals surface area contributed by atoms with Gasteiger partial charge >= 0.3 is 5.97 Å². The summed E-state index contributed by atoms with van der Waals surface area (Å²) in [6, 6.07) is 5.87. The van der Waals surface area contributed by atoms with E-state index in [1.54, 1.807) is 0 Å². The molecule has 0 saturated carbocycles. The van der Waals surface area contributed by atoms with E-state index in [4.69, 9.17) is 4.74 Å². The Morgan fingerprint density at radius 1 is 1.40 bits per heavy atom. The number of esters is 1. The Kier molecular flexibility index (Phi) is 3.97. The van der Waals surface area contributed by atoms with Crippen molar-refractivity contribution < 1.29 is 9.53 Å².